The molecule has 122 valence electrons. The second-order valence-corrected chi connectivity index (χ2v) is 7.97. The van der Waals surface area contributed by atoms with Crippen molar-refractivity contribution < 1.29 is 4.79 Å². The first kappa shape index (κ1) is 16.6. The highest BCUT2D eigenvalue weighted by atomic mass is 16.2. The van der Waals surface area contributed by atoms with E-state index in [1.54, 1.807) is 0 Å². The van der Waals surface area contributed by atoms with Crippen molar-refractivity contribution in [1.29, 1.82) is 0 Å². The van der Waals surface area contributed by atoms with E-state index in [9.17, 15) is 4.79 Å². The Morgan fingerprint density at radius 3 is 2.29 bits per heavy atom. The van der Waals surface area contributed by atoms with Crippen molar-refractivity contribution in [2.75, 3.05) is 19.6 Å². The molecule has 2 N–H and O–H groups in total. The smallest absolute Gasteiger partial charge is 0.315 e. The molecule has 1 aliphatic heterocycles. The fraction of sp³-hybridized carbons (Fsp3) is 0.941. The Kier molecular flexibility index (Phi) is 5.53. The summed E-state index contributed by atoms with van der Waals surface area (Å²) in [5.41, 5.74) is 0.0238. The second kappa shape index (κ2) is 6.99. The fourth-order valence-electron chi connectivity index (χ4n) is 3.87. The number of piperidine rings is 1. The van der Waals surface area contributed by atoms with Gasteiger partial charge in [0, 0.05) is 31.2 Å². The van der Waals surface area contributed by atoms with Gasteiger partial charge >= 0.3 is 6.03 Å². The molecule has 0 radical (unpaired) electrons. The summed E-state index contributed by atoms with van der Waals surface area (Å²) in [6.45, 7) is 12.1. The van der Waals surface area contributed by atoms with E-state index in [1.807, 2.05) is 0 Å². The number of hydrogen-bond acceptors (Lipinski definition) is 2. The molecule has 2 rings (SSSR count). The molecular weight excluding hydrogens is 262 g/mol. The number of likely N-dealkylation sites (tertiary alicyclic amines) is 1. The lowest BCUT2D eigenvalue weighted by molar-refractivity contribution is 0.0472. The van der Waals surface area contributed by atoms with E-state index in [2.05, 4.69) is 43.2 Å². The molecule has 2 aliphatic rings. The highest BCUT2D eigenvalue weighted by Crippen LogP contribution is 2.26. The molecule has 2 amide bonds. The summed E-state index contributed by atoms with van der Waals surface area (Å²) in [6, 6.07) is 0.399. The van der Waals surface area contributed by atoms with Crippen LogP contribution in [0.5, 0.6) is 0 Å². The summed E-state index contributed by atoms with van der Waals surface area (Å²) in [5.74, 6) is 1.50. The van der Waals surface area contributed by atoms with Crippen molar-refractivity contribution in [1.82, 2.24) is 15.5 Å². The van der Waals surface area contributed by atoms with Crippen LogP contribution in [0.25, 0.3) is 0 Å². The van der Waals surface area contributed by atoms with Gasteiger partial charge in [0.15, 0.2) is 0 Å². The zero-order valence-corrected chi connectivity index (χ0v) is 14.2. The first-order chi connectivity index (χ1) is 9.87. The number of carbonyl (C=O) groups excluding carboxylic acids is 1. The summed E-state index contributed by atoms with van der Waals surface area (Å²) in [6.07, 6.45) is 6.10. The minimum absolute atomic E-state index is 0.00748. The van der Waals surface area contributed by atoms with Crippen molar-refractivity contribution in [2.24, 2.45) is 11.8 Å². The fourth-order valence-corrected chi connectivity index (χ4v) is 3.87. The number of carbonyl (C=O) groups is 1. The average molecular weight is 295 g/mol. The van der Waals surface area contributed by atoms with Crippen LogP contribution in [-0.4, -0.2) is 42.1 Å². The summed E-state index contributed by atoms with van der Waals surface area (Å²) < 4.78 is 0. The van der Waals surface area contributed by atoms with Gasteiger partial charge in [-0.25, -0.2) is 4.79 Å². The van der Waals surface area contributed by atoms with E-state index in [0.29, 0.717) is 12.6 Å². The van der Waals surface area contributed by atoms with Crippen molar-refractivity contribution in [2.45, 2.75) is 71.4 Å². The number of nitrogens with zero attached hydrogens (tertiary/aromatic N) is 1. The normalized spacial score (nSPS) is 28.6. The first-order valence-electron chi connectivity index (χ1n) is 8.66. The van der Waals surface area contributed by atoms with Crippen LogP contribution in [0, 0.1) is 11.8 Å². The van der Waals surface area contributed by atoms with Crippen LogP contribution < -0.4 is 10.6 Å². The third-order valence-corrected chi connectivity index (χ3v) is 5.10. The largest absolute Gasteiger partial charge is 0.336 e. The van der Waals surface area contributed by atoms with E-state index >= 15 is 0 Å². The van der Waals surface area contributed by atoms with Gasteiger partial charge in [-0.3, -0.25) is 4.90 Å². The summed E-state index contributed by atoms with van der Waals surface area (Å²) in [7, 11) is 0. The third-order valence-electron chi connectivity index (χ3n) is 5.10. The maximum atomic E-state index is 12.0. The van der Waals surface area contributed by atoms with Crippen molar-refractivity contribution in [3.63, 3.8) is 0 Å². The van der Waals surface area contributed by atoms with Gasteiger partial charge in [-0.15, -0.1) is 0 Å². The molecule has 1 saturated carbocycles. The molecule has 1 saturated heterocycles. The molecule has 2 unspecified atom stereocenters. The topological polar surface area (TPSA) is 44.4 Å². The van der Waals surface area contributed by atoms with Crippen LogP contribution in [0.15, 0.2) is 0 Å². The lowest BCUT2D eigenvalue weighted by atomic mass is 9.88. The summed E-state index contributed by atoms with van der Waals surface area (Å²) >= 11 is 0. The van der Waals surface area contributed by atoms with Gasteiger partial charge in [0.2, 0.25) is 0 Å². The highest BCUT2D eigenvalue weighted by Gasteiger charge is 2.33. The van der Waals surface area contributed by atoms with E-state index in [0.717, 1.165) is 37.8 Å². The van der Waals surface area contributed by atoms with E-state index in [-0.39, 0.29) is 11.6 Å². The minimum Gasteiger partial charge on any atom is -0.336 e. The molecule has 0 aromatic rings. The van der Waals surface area contributed by atoms with E-state index in [4.69, 9.17) is 0 Å². The first-order valence-corrected chi connectivity index (χ1v) is 8.66. The predicted octanol–water partition coefficient (Wildman–Crippen LogP) is 2.98. The number of urea groups is 1. The van der Waals surface area contributed by atoms with Gasteiger partial charge < -0.3 is 10.6 Å². The Bertz CT molecular complexity index is 340. The molecule has 0 bridgehead atoms. The van der Waals surface area contributed by atoms with Gasteiger partial charge in [-0.05, 0) is 44.9 Å². The molecule has 0 aromatic carbocycles. The standard InChI is InChI=1S/C17H33N3O/c1-13-9-14(2)11-20(10-13)17(3,4)12-18-16(21)19-15-7-5-6-8-15/h13-15H,5-12H2,1-4H3,(H2,18,19,21). The second-order valence-electron chi connectivity index (χ2n) is 7.97. The Morgan fingerprint density at radius 2 is 1.71 bits per heavy atom. The Balaban J connectivity index is 1.78. The van der Waals surface area contributed by atoms with Gasteiger partial charge in [0.05, 0.1) is 0 Å². The maximum Gasteiger partial charge on any atom is 0.315 e. The molecule has 4 nitrogen and oxygen atoms in total. The lowest BCUT2D eigenvalue weighted by Crippen LogP contribution is -2.57. The van der Waals surface area contributed by atoms with Gasteiger partial charge in [-0.1, -0.05) is 26.7 Å². The number of nitrogens with one attached hydrogen (secondary N) is 2. The molecule has 21 heavy (non-hydrogen) atoms. The molecule has 4 heteroatoms. The van der Waals surface area contributed by atoms with Gasteiger partial charge in [0.1, 0.15) is 0 Å². The third kappa shape index (κ3) is 4.87. The number of amides is 2. The van der Waals surface area contributed by atoms with Crippen LogP contribution in [0.4, 0.5) is 4.79 Å². The summed E-state index contributed by atoms with van der Waals surface area (Å²) in [4.78, 5) is 14.6. The van der Waals surface area contributed by atoms with Crippen LogP contribution in [-0.2, 0) is 0 Å². The van der Waals surface area contributed by atoms with E-state index < -0.39 is 0 Å². The van der Waals surface area contributed by atoms with Crippen LogP contribution in [0.1, 0.15) is 59.8 Å². The maximum absolute atomic E-state index is 12.0. The predicted molar refractivity (Wildman–Crippen MR) is 87.4 cm³/mol. The van der Waals surface area contributed by atoms with Crippen LogP contribution >= 0.6 is 0 Å². The average Bonchev–Trinajstić information content (AvgIpc) is 2.88. The lowest BCUT2D eigenvalue weighted by Gasteiger charge is -2.45. The van der Waals surface area contributed by atoms with Crippen molar-refractivity contribution in [3.8, 4) is 0 Å². The molecular formula is C17H33N3O. The summed E-state index contributed by atoms with van der Waals surface area (Å²) in [5, 5.41) is 6.19. The molecule has 1 aliphatic carbocycles. The van der Waals surface area contributed by atoms with E-state index in [1.165, 1.54) is 19.3 Å². The van der Waals surface area contributed by atoms with Crippen LogP contribution in [0.3, 0.4) is 0 Å². The van der Waals surface area contributed by atoms with Gasteiger partial charge in [0.25, 0.3) is 0 Å². The Morgan fingerprint density at radius 1 is 1.14 bits per heavy atom. The van der Waals surface area contributed by atoms with Crippen LogP contribution in [0.2, 0.25) is 0 Å². The molecule has 2 atom stereocenters. The zero-order chi connectivity index (χ0) is 15.5. The molecule has 0 aromatic heterocycles. The molecule has 0 spiro atoms. The van der Waals surface area contributed by atoms with Crippen molar-refractivity contribution >= 4 is 6.03 Å². The minimum atomic E-state index is 0.00748. The van der Waals surface area contributed by atoms with Crippen molar-refractivity contribution in [3.05, 3.63) is 0 Å². The Labute approximate surface area is 130 Å². The number of rotatable bonds is 4. The van der Waals surface area contributed by atoms with Gasteiger partial charge in [-0.2, -0.15) is 0 Å². The molecule has 1 heterocycles. The monoisotopic (exact) mass is 295 g/mol. The zero-order valence-electron chi connectivity index (χ0n) is 14.2. The highest BCUT2D eigenvalue weighted by molar-refractivity contribution is 5.74. The number of hydrogen-bond donors (Lipinski definition) is 2. The SMILES string of the molecule is CC1CC(C)CN(C(C)(C)CNC(=O)NC2CCCC2)C1. The Hall–Kier alpha value is -0.770. The quantitative estimate of drug-likeness (QED) is 0.837. The molecule has 2 fully saturated rings.